The Kier molecular flexibility index (Phi) is 2.88. The van der Waals surface area contributed by atoms with Gasteiger partial charge in [0, 0.05) is 5.56 Å². The summed E-state index contributed by atoms with van der Waals surface area (Å²) >= 11 is 0. The number of nitrogens with zero attached hydrogens (tertiary/aromatic N) is 2. The molecule has 0 aliphatic heterocycles. The molecule has 0 aliphatic carbocycles. The molecule has 0 unspecified atom stereocenters. The molecule has 0 amide bonds. The topological polar surface area (TPSA) is 35.0 Å². The molecule has 0 saturated heterocycles. The maximum Gasteiger partial charge on any atom is 0.224 e. The highest BCUT2D eigenvalue weighted by Crippen LogP contribution is 2.26. The molecule has 2 aromatic carbocycles. The van der Waals surface area contributed by atoms with Gasteiger partial charge in [-0.05, 0) is 25.1 Å². The van der Waals surface area contributed by atoms with Gasteiger partial charge in [0.2, 0.25) is 5.88 Å². The van der Waals surface area contributed by atoms with Gasteiger partial charge < -0.3 is 4.74 Å². The largest absolute Gasteiger partial charge is 0.480 e. The zero-order valence-corrected chi connectivity index (χ0v) is 10.9. The van der Waals surface area contributed by atoms with Gasteiger partial charge in [-0.2, -0.15) is 4.98 Å². The molecule has 0 aliphatic rings. The molecule has 3 rings (SSSR count). The molecule has 3 nitrogen and oxygen atoms in total. The molecule has 0 fully saturated rings. The lowest BCUT2D eigenvalue weighted by Crippen LogP contribution is -1.96. The number of rotatable bonds is 2. The molecule has 1 aromatic heterocycles. The Morgan fingerprint density at radius 1 is 0.947 bits per heavy atom. The monoisotopic (exact) mass is 250 g/mol. The molecule has 0 N–H and O–H groups in total. The van der Waals surface area contributed by atoms with E-state index in [4.69, 9.17) is 4.74 Å². The van der Waals surface area contributed by atoms with Crippen LogP contribution in [0.15, 0.2) is 48.5 Å². The first-order valence-corrected chi connectivity index (χ1v) is 6.16. The van der Waals surface area contributed by atoms with Gasteiger partial charge in [0.15, 0.2) is 5.82 Å². The summed E-state index contributed by atoms with van der Waals surface area (Å²) in [4.78, 5) is 9.10. The molecule has 3 aromatic rings. The average molecular weight is 250 g/mol. The molecular formula is C16H14N2O. The summed E-state index contributed by atoms with van der Waals surface area (Å²) in [5.74, 6) is 1.31. The number of aryl methyl sites for hydroxylation is 1. The summed E-state index contributed by atoms with van der Waals surface area (Å²) in [7, 11) is 1.63. The van der Waals surface area contributed by atoms with Gasteiger partial charge in [-0.15, -0.1) is 0 Å². The van der Waals surface area contributed by atoms with E-state index in [1.807, 2.05) is 36.4 Å². The maximum absolute atomic E-state index is 5.37. The van der Waals surface area contributed by atoms with Crippen LogP contribution in [-0.4, -0.2) is 17.1 Å². The highest BCUT2D eigenvalue weighted by Gasteiger charge is 2.09. The van der Waals surface area contributed by atoms with E-state index in [9.17, 15) is 0 Å². The van der Waals surface area contributed by atoms with Crippen molar-refractivity contribution in [2.45, 2.75) is 6.92 Å². The minimum absolute atomic E-state index is 0.613. The van der Waals surface area contributed by atoms with Crippen molar-refractivity contribution in [3.63, 3.8) is 0 Å². The van der Waals surface area contributed by atoms with E-state index < -0.39 is 0 Å². The zero-order valence-electron chi connectivity index (χ0n) is 10.9. The highest BCUT2D eigenvalue weighted by molar-refractivity contribution is 5.85. The minimum Gasteiger partial charge on any atom is -0.480 e. The maximum atomic E-state index is 5.37. The molecule has 0 radical (unpaired) electrons. The fraction of sp³-hybridized carbons (Fsp3) is 0.125. The van der Waals surface area contributed by atoms with E-state index in [0.717, 1.165) is 16.5 Å². The van der Waals surface area contributed by atoms with Crippen molar-refractivity contribution >= 4 is 10.9 Å². The first-order valence-electron chi connectivity index (χ1n) is 6.16. The lowest BCUT2D eigenvalue weighted by atomic mass is 10.1. The Labute approximate surface area is 111 Å². The third-order valence-electron chi connectivity index (χ3n) is 3.04. The SMILES string of the molecule is COc1nc(-c2cccc(C)c2)nc2ccccc12. The van der Waals surface area contributed by atoms with Crippen LogP contribution in [0.5, 0.6) is 5.88 Å². The predicted molar refractivity (Wildman–Crippen MR) is 76.3 cm³/mol. The Bertz CT molecular complexity index is 738. The third-order valence-corrected chi connectivity index (χ3v) is 3.04. The second-order valence-electron chi connectivity index (χ2n) is 4.44. The van der Waals surface area contributed by atoms with Gasteiger partial charge in [-0.3, -0.25) is 0 Å². The average Bonchev–Trinajstić information content (AvgIpc) is 2.46. The second kappa shape index (κ2) is 4.69. The lowest BCUT2D eigenvalue weighted by Gasteiger charge is -2.07. The molecule has 0 bridgehead atoms. The van der Waals surface area contributed by atoms with E-state index in [-0.39, 0.29) is 0 Å². The van der Waals surface area contributed by atoms with Crippen LogP contribution < -0.4 is 4.74 Å². The summed E-state index contributed by atoms with van der Waals surface area (Å²) in [5.41, 5.74) is 3.09. The summed E-state index contributed by atoms with van der Waals surface area (Å²) < 4.78 is 5.37. The van der Waals surface area contributed by atoms with Crippen LogP contribution in [0.25, 0.3) is 22.3 Å². The Morgan fingerprint density at radius 2 is 1.79 bits per heavy atom. The van der Waals surface area contributed by atoms with E-state index in [1.165, 1.54) is 5.56 Å². The molecular weight excluding hydrogens is 236 g/mol. The van der Waals surface area contributed by atoms with E-state index in [2.05, 4.69) is 29.0 Å². The normalized spacial score (nSPS) is 10.6. The van der Waals surface area contributed by atoms with Crippen LogP contribution in [0.1, 0.15) is 5.56 Å². The molecule has 3 heteroatoms. The molecule has 94 valence electrons. The summed E-state index contributed by atoms with van der Waals surface area (Å²) in [6.07, 6.45) is 0. The minimum atomic E-state index is 0.613. The van der Waals surface area contributed by atoms with Gasteiger partial charge in [-0.1, -0.05) is 35.9 Å². The lowest BCUT2D eigenvalue weighted by molar-refractivity contribution is 0.403. The smallest absolute Gasteiger partial charge is 0.224 e. The Morgan fingerprint density at radius 3 is 2.58 bits per heavy atom. The van der Waals surface area contributed by atoms with Crippen LogP contribution in [0.4, 0.5) is 0 Å². The number of ether oxygens (including phenoxy) is 1. The van der Waals surface area contributed by atoms with Gasteiger partial charge in [0.25, 0.3) is 0 Å². The van der Waals surface area contributed by atoms with Crippen LogP contribution in [-0.2, 0) is 0 Å². The highest BCUT2D eigenvalue weighted by atomic mass is 16.5. The third kappa shape index (κ3) is 2.15. The van der Waals surface area contributed by atoms with Gasteiger partial charge in [-0.25, -0.2) is 4.98 Å². The van der Waals surface area contributed by atoms with Crippen LogP contribution >= 0.6 is 0 Å². The number of fused-ring (bicyclic) bond motifs is 1. The number of hydrogen-bond acceptors (Lipinski definition) is 3. The Hall–Kier alpha value is -2.42. The number of hydrogen-bond donors (Lipinski definition) is 0. The number of benzene rings is 2. The fourth-order valence-electron chi connectivity index (χ4n) is 2.12. The fourth-order valence-corrected chi connectivity index (χ4v) is 2.12. The zero-order chi connectivity index (χ0) is 13.2. The Balaban J connectivity index is 2.25. The van der Waals surface area contributed by atoms with Crippen molar-refractivity contribution in [3.05, 3.63) is 54.1 Å². The van der Waals surface area contributed by atoms with Crippen molar-refractivity contribution < 1.29 is 4.74 Å². The van der Waals surface area contributed by atoms with E-state index >= 15 is 0 Å². The van der Waals surface area contributed by atoms with Crippen molar-refractivity contribution in [3.8, 4) is 17.3 Å². The standard InChI is InChI=1S/C16H14N2O/c1-11-6-5-7-12(10-11)15-17-14-9-4-3-8-13(14)16(18-15)19-2/h3-10H,1-2H3. The number of para-hydroxylation sites is 1. The van der Waals surface area contributed by atoms with Gasteiger partial charge >= 0.3 is 0 Å². The van der Waals surface area contributed by atoms with Crippen molar-refractivity contribution in [1.29, 1.82) is 0 Å². The first-order chi connectivity index (χ1) is 9.28. The summed E-state index contributed by atoms with van der Waals surface area (Å²) in [6.45, 7) is 2.06. The van der Waals surface area contributed by atoms with Crippen LogP contribution in [0.2, 0.25) is 0 Å². The van der Waals surface area contributed by atoms with Crippen LogP contribution in [0, 0.1) is 6.92 Å². The summed E-state index contributed by atoms with van der Waals surface area (Å²) in [6, 6.07) is 16.0. The summed E-state index contributed by atoms with van der Waals surface area (Å²) in [5, 5.41) is 0.932. The van der Waals surface area contributed by atoms with Crippen molar-refractivity contribution in [2.24, 2.45) is 0 Å². The molecule has 0 atom stereocenters. The van der Waals surface area contributed by atoms with Gasteiger partial charge in [0.1, 0.15) is 0 Å². The predicted octanol–water partition coefficient (Wildman–Crippen LogP) is 3.61. The second-order valence-corrected chi connectivity index (χ2v) is 4.44. The molecule has 0 spiro atoms. The van der Waals surface area contributed by atoms with E-state index in [1.54, 1.807) is 7.11 Å². The molecule has 0 saturated carbocycles. The molecule has 1 heterocycles. The quantitative estimate of drug-likeness (QED) is 0.696. The number of methoxy groups -OCH3 is 1. The van der Waals surface area contributed by atoms with Crippen molar-refractivity contribution in [2.75, 3.05) is 7.11 Å². The van der Waals surface area contributed by atoms with Gasteiger partial charge in [0.05, 0.1) is 18.0 Å². The molecule has 19 heavy (non-hydrogen) atoms. The van der Waals surface area contributed by atoms with Crippen molar-refractivity contribution in [1.82, 2.24) is 9.97 Å². The first kappa shape index (κ1) is 11.7. The van der Waals surface area contributed by atoms with E-state index in [0.29, 0.717) is 11.7 Å². The number of aromatic nitrogens is 2. The van der Waals surface area contributed by atoms with Crippen LogP contribution in [0.3, 0.4) is 0 Å².